The fourth-order valence-corrected chi connectivity index (χ4v) is 4.15. The molecule has 1 amide bonds. The summed E-state index contributed by atoms with van der Waals surface area (Å²) in [7, 11) is -2.11. The van der Waals surface area contributed by atoms with Crippen molar-refractivity contribution >= 4 is 21.6 Å². The number of hydrogen-bond acceptors (Lipinski definition) is 3. The summed E-state index contributed by atoms with van der Waals surface area (Å²) in [6.07, 6.45) is 0. The number of para-hydroxylation sites is 1. The molecule has 6 heteroatoms. The first-order chi connectivity index (χ1) is 13.4. The summed E-state index contributed by atoms with van der Waals surface area (Å²) in [4.78, 5) is 14.3. The molecule has 1 N–H and O–H groups in total. The van der Waals surface area contributed by atoms with Crippen LogP contribution >= 0.6 is 0 Å². The first-order valence-electron chi connectivity index (χ1n) is 8.89. The van der Waals surface area contributed by atoms with Crippen molar-refractivity contribution in [1.29, 1.82) is 0 Å². The highest BCUT2D eigenvalue weighted by Gasteiger charge is 2.21. The molecule has 0 spiro atoms. The molecule has 1 unspecified atom stereocenters. The Bertz CT molecular complexity index is 1050. The molecule has 0 aliphatic carbocycles. The fraction of sp³-hybridized carbons (Fsp3) is 0.136. The van der Waals surface area contributed by atoms with Crippen LogP contribution in [0.2, 0.25) is 0 Å². The number of hydrogen-bond donors (Lipinski definition) is 1. The summed E-state index contributed by atoms with van der Waals surface area (Å²) >= 11 is 0. The Morgan fingerprint density at radius 2 is 1.50 bits per heavy atom. The molecule has 0 aliphatic heterocycles. The molecule has 3 aromatic rings. The van der Waals surface area contributed by atoms with Gasteiger partial charge >= 0.3 is 0 Å². The summed E-state index contributed by atoms with van der Waals surface area (Å²) in [5.74, 6) is -0.278. The largest absolute Gasteiger partial charge is 0.311 e. The highest BCUT2D eigenvalue weighted by molar-refractivity contribution is 7.89. The van der Waals surface area contributed by atoms with Crippen LogP contribution in [-0.4, -0.2) is 21.4 Å². The average molecular weight is 394 g/mol. The van der Waals surface area contributed by atoms with Gasteiger partial charge in [0.05, 0.1) is 4.90 Å². The summed E-state index contributed by atoms with van der Waals surface area (Å²) in [5, 5.41) is 0. The Morgan fingerprint density at radius 3 is 2.14 bits per heavy atom. The Balaban J connectivity index is 1.83. The van der Waals surface area contributed by atoms with E-state index in [1.165, 1.54) is 17.0 Å². The highest BCUT2D eigenvalue weighted by Crippen LogP contribution is 2.20. The van der Waals surface area contributed by atoms with Gasteiger partial charge in [0.15, 0.2) is 0 Å². The number of rotatable bonds is 6. The molecule has 3 rings (SSSR count). The molecule has 3 aromatic carbocycles. The number of benzene rings is 3. The molecular formula is C22H22N2O3S. The second-order valence-electron chi connectivity index (χ2n) is 6.48. The topological polar surface area (TPSA) is 66.5 Å². The van der Waals surface area contributed by atoms with Crippen LogP contribution in [0.25, 0.3) is 0 Å². The van der Waals surface area contributed by atoms with Crippen LogP contribution in [0.5, 0.6) is 0 Å². The van der Waals surface area contributed by atoms with Crippen LogP contribution in [0, 0.1) is 0 Å². The number of nitrogens with one attached hydrogen (secondary N) is 1. The van der Waals surface area contributed by atoms with E-state index in [0.717, 1.165) is 11.3 Å². The molecule has 5 nitrogen and oxygen atoms in total. The molecule has 0 aromatic heterocycles. The number of carbonyl (C=O) groups excluding carboxylic acids is 1. The average Bonchev–Trinajstić information content (AvgIpc) is 2.73. The smallest absolute Gasteiger partial charge is 0.258 e. The van der Waals surface area contributed by atoms with Crippen LogP contribution in [0.4, 0.5) is 5.69 Å². The molecule has 28 heavy (non-hydrogen) atoms. The zero-order valence-electron chi connectivity index (χ0n) is 15.7. The van der Waals surface area contributed by atoms with E-state index in [1.807, 2.05) is 60.7 Å². The number of amides is 1. The van der Waals surface area contributed by atoms with Crippen LogP contribution in [0.3, 0.4) is 0 Å². The second kappa shape index (κ2) is 8.37. The van der Waals surface area contributed by atoms with E-state index < -0.39 is 16.1 Å². The zero-order chi connectivity index (χ0) is 20.1. The highest BCUT2D eigenvalue weighted by atomic mass is 32.2. The SMILES string of the molecule is CC(NS(=O)(=O)c1cccc(C(=O)N(C)c2ccccc2)c1)c1ccccc1. The molecule has 0 saturated carbocycles. The van der Waals surface area contributed by atoms with Crippen molar-refractivity contribution in [2.24, 2.45) is 0 Å². The predicted molar refractivity (Wildman–Crippen MR) is 111 cm³/mol. The van der Waals surface area contributed by atoms with Crippen LogP contribution < -0.4 is 9.62 Å². The van der Waals surface area contributed by atoms with Gasteiger partial charge < -0.3 is 4.90 Å². The van der Waals surface area contributed by atoms with Gasteiger partial charge in [0, 0.05) is 24.3 Å². The van der Waals surface area contributed by atoms with Crippen molar-refractivity contribution in [1.82, 2.24) is 4.72 Å². The van der Waals surface area contributed by atoms with Crippen molar-refractivity contribution in [3.8, 4) is 0 Å². The van der Waals surface area contributed by atoms with Crippen molar-refractivity contribution in [2.45, 2.75) is 17.9 Å². The van der Waals surface area contributed by atoms with E-state index in [0.29, 0.717) is 5.56 Å². The van der Waals surface area contributed by atoms with Gasteiger partial charge in [-0.15, -0.1) is 0 Å². The molecule has 0 fully saturated rings. The van der Waals surface area contributed by atoms with Gasteiger partial charge in [0.25, 0.3) is 5.91 Å². The molecule has 144 valence electrons. The minimum atomic E-state index is -3.77. The first-order valence-corrected chi connectivity index (χ1v) is 10.4. The Labute approximate surface area is 165 Å². The van der Waals surface area contributed by atoms with Gasteiger partial charge in [-0.3, -0.25) is 4.79 Å². The molecule has 0 bridgehead atoms. The van der Waals surface area contributed by atoms with Gasteiger partial charge in [0.1, 0.15) is 0 Å². The number of anilines is 1. The van der Waals surface area contributed by atoms with Crippen molar-refractivity contribution in [2.75, 3.05) is 11.9 Å². The Morgan fingerprint density at radius 1 is 0.893 bits per heavy atom. The zero-order valence-corrected chi connectivity index (χ0v) is 16.6. The first kappa shape index (κ1) is 19.8. The van der Waals surface area contributed by atoms with E-state index in [2.05, 4.69) is 4.72 Å². The maximum absolute atomic E-state index is 12.8. The van der Waals surface area contributed by atoms with Gasteiger partial charge in [0.2, 0.25) is 10.0 Å². The van der Waals surface area contributed by atoms with Gasteiger partial charge in [-0.2, -0.15) is 0 Å². The molecule has 0 radical (unpaired) electrons. The summed E-state index contributed by atoms with van der Waals surface area (Å²) < 4.78 is 28.3. The molecule has 0 aliphatic rings. The quantitative estimate of drug-likeness (QED) is 0.687. The summed E-state index contributed by atoms with van der Waals surface area (Å²) in [6.45, 7) is 1.78. The molecule has 0 saturated heterocycles. The summed E-state index contributed by atoms with van der Waals surface area (Å²) in [6, 6.07) is 24.2. The normalized spacial score (nSPS) is 12.4. The van der Waals surface area contributed by atoms with Gasteiger partial charge in [-0.1, -0.05) is 54.6 Å². The number of carbonyl (C=O) groups is 1. The Hall–Kier alpha value is -2.96. The van der Waals surface area contributed by atoms with E-state index in [1.54, 1.807) is 26.1 Å². The van der Waals surface area contributed by atoms with Crippen molar-refractivity contribution in [3.05, 3.63) is 96.1 Å². The Kier molecular flexibility index (Phi) is 5.92. The third kappa shape index (κ3) is 4.47. The van der Waals surface area contributed by atoms with E-state index in [4.69, 9.17) is 0 Å². The van der Waals surface area contributed by atoms with Crippen molar-refractivity contribution < 1.29 is 13.2 Å². The monoisotopic (exact) mass is 394 g/mol. The third-order valence-corrected chi connectivity index (χ3v) is 6.01. The van der Waals surface area contributed by atoms with Crippen LogP contribution in [-0.2, 0) is 10.0 Å². The fourth-order valence-electron chi connectivity index (χ4n) is 2.87. The van der Waals surface area contributed by atoms with E-state index in [-0.39, 0.29) is 10.8 Å². The van der Waals surface area contributed by atoms with E-state index in [9.17, 15) is 13.2 Å². The van der Waals surface area contributed by atoms with E-state index >= 15 is 0 Å². The minimum Gasteiger partial charge on any atom is -0.311 e. The lowest BCUT2D eigenvalue weighted by Gasteiger charge is -2.18. The number of sulfonamides is 1. The van der Waals surface area contributed by atoms with Gasteiger partial charge in [-0.05, 0) is 42.8 Å². The van der Waals surface area contributed by atoms with Gasteiger partial charge in [-0.25, -0.2) is 13.1 Å². The molecule has 1 atom stereocenters. The van der Waals surface area contributed by atoms with Crippen molar-refractivity contribution in [3.63, 3.8) is 0 Å². The maximum atomic E-state index is 12.8. The molecule has 0 heterocycles. The lowest BCUT2D eigenvalue weighted by molar-refractivity contribution is 0.0993. The standard InChI is InChI=1S/C22H22N2O3S/c1-17(18-10-5-3-6-11-18)23-28(26,27)21-15-9-12-19(16-21)22(25)24(2)20-13-7-4-8-14-20/h3-17,23H,1-2H3. The molecular weight excluding hydrogens is 372 g/mol. The van der Waals surface area contributed by atoms with Crippen LogP contribution in [0.15, 0.2) is 89.8 Å². The lowest BCUT2D eigenvalue weighted by atomic mass is 10.1. The predicted octanol–water partition coefficient (Wildman–Crippen LogP) is 4.00. The third-order valence-electron chi connectivity index (χ3n) is 4.47. The summed E-state index contributed by atoms with van der Waals surface area (Å²) in [5.41, 5.74) is 1.90. The second-order valence-corrected chi connectivity index (χ2v) is 8.20. The lowest BCUT2D eigenvalue weighted by Crippen LogP contribution is -2.28. The maximum Gasteiger partial charge on any atom is 0.258 e. The number of nitrogens with zero attached hydrogens (tertiary/aromatic N) is 1. The van der Waals surface area contributed by atoms with Crippen LogP contribution in [0.1, 0.15) is 28.9 Å². The minimum absolute atomic E-state index is 0.0580.